The Balaban J connectivity index is 1.08. The summed E-state index contributed by atoms with van der Waals surface area (Å²) in [4.78, 5) is 0. The highest BCUT2D eigenvalue weighted by molar-refractivity contribution is 6.10. The Morgan fingerprint density at radius 1 is 0.467 bits per heavy atom. The summed E-state index contributed by atoms with van der Waals surface area (Å²) in [6.45, 7) is 0. The van der Waals surface area contributed by atoms with Crippen molar-refractivity contribution in [3.8, 4) is 39.1 Å². The molecule has 0 bridgehead atoms. The summed E-state index contributed by atoms with van der Waals surface area (Å²) in [6, 6.07) is 59.1. The van der Waals surface area contributed by atoms with Gasteiger partial charge in [0.15, 0.2) is 0 Å². The fourth-order valence-electron chi connectivity index (χ4n) is 7.16. The maximum atomic E-state index is 3.78. The molecule has 0 saturated heterocycles. The number of hydrogen-bond acceptors (Lipinski definition) is 1. The van der Waals surface area contributed by atoms with Gasteiger partial charge in [0, 0.05) is 33.4 Å². The lowest BCUT2D eigenvalue weighted by Gasteiger charge is -2.17. The SMILES string of the molecule is c1ccc(-c2c(Nc3ccc(-c4ccc5c(c4)c4ccccc4n5-c4ccccc4)cc3)ccc3c2Cc2ccccc2-3)cc1. The molecule has 2 heteroatoms. The van der Waals surface area contributed by atoms with Gasteiger partial charge in [-0.15, -0.1) is 0 Å². The first-order chi connectivity index (χ1) is 22.3. The van der Waals surface area contributed by atoms with Crippen molar-refractivity contribution in [2.24, 2.45) is 0 Å². The number of benzene rings is 7. The maximum absolute atomic E-state index is 3.78. The lowest BCUT2D eigenvalue weighted by molar-refractivity contribution is 1.18. The van der Waals surface area contributed by atoms with E-state index in [1.54, 1.807) is 0 Å². The molecule has 1 aliphatic rings. The van der Waals surface area contributed by atoms with Crippen LogP contribution in [0, 0.1) is 0 Å². The zero-order chi connectivity index (χ0) is 29.7. The van der Waals surface area contributed by atoms with Gasteiger partial charge in [0.25, 0.3) is 0 Å². The predicted octanol–water partition coefficient (Wildman–Crippen LogP) is 11.4. The molecule has 1 heterocycles. The zero-order valence-corrected chi connectivity index (χ0v) is 24.7. The van der Waals surface area contributed by atoms with E-state index in [9.17, 15) is 0 Å². The Hall–Kier alpha value is -5.86. The topological polar surface area (TPSA) is 17.0 Å². The van der Waals surface area contributed by atoms with Gasteiger partial charge in [-0.05, 0) is 93.9 Å². The van der Waals surface area contributed by atoms with Gasteiger partial charge in [0.05, 0.1) is 11.0 Å². The Bertz CT molecular complexity index is 2350. The van der Waals surface area contributed by atoms with Crippen LogP contribution in [-0.4, -0.2) is 4.57 Å². The van der Waals surface area contributed by atoms with Gasteiger partial charge >= 0.3 is 0 Å². The van der Waals surface area contributed by atoms with Crippen LogP contribution in [0.15, 0.2) is 164 Å². The number of nitrogens with zero attached hydrogens (tertiary/aromatic N) is 1. The van der Waals surface area contributed by atoms with Gasteiger partial charge in [0.2, 0.25) is 0 Å². The fourth-order valence-corrected chi connectivity index (χ4v) is 7.16. The molecule has 45 heavy (non-hydrogen) atoms. The van der Waals surface area contributed by atoms with E-state index in [1.807, 2.05) is 0 Å². The number of para-hydroxylation sites is 2. The smallest absolute Gasteiger partial charge is 0.0541 e. The fraction of sp³-hybridized carbons (Fsp3) is 0.0233. The standard InChI is InChI=1S/C43H30N2/c1-3-11-30(12-4-1)43-39-28-32-13-7-8-16-35(32)36(39)24-25-40(43)44-33-22-19-29(20-23-33)31-21-26-42-38(27-31)37-17-9-10-18-41(37)45(42)34-14-5-2-6-15-34/h1-27,44H,28H2. The molecule has 0 unspecified atom stereocenters. The average molecular weight is 575 g/mol. The minimum atomic E-state index is 0.952. The third-order valence-corrected chi connectivity index (χ3v) is 9.23. The first kappa shape index (κ1) is 25.6. The van der Waals surface area contributed by atoms with Crippen molar-refractivity contribution >= 4 is 33.2 Å². The van der Waals surface area contributed by atoms with Crippen LogP contribution in [-0.2, 0) is 6.42 Å². The molecule has 2 nitrogen and oxygen atoms in total. The van der Waals surface area contributed by atoms with Crippen LogP contribution in [0.5, 0.6) is 0 Å². The minimum absolute atomic E-state index is 0.952. The van der Waals surface area contributed by atoms with E-state index in [0.717, 1.165) is 17.8 Å². The number of nitrogens with one attached hydrogen (secondary N) is 1. The normalized spacial score (nSPS) is 11.9. The second-order valence-corrected chi connectivity index (χ2v) is 11.8. The van der Waals surface area contributed by atoms with E-state index >= 15 is 0 Å². The second kappa shape index (κ2) is 10.4. The van der Waals surface area contributed by atoms with E-state index in [1.165, 1.54) is 72.0 Å². The maximum Gasteiger partial charge on any atom is 0.0541 e. The molecule has 212 valence electrons. The van der Waals surface area contributed by atoms with Crippen molar-refractivity contribution in [1.82, 2.24) is 4.57 Å². The van der Waals surface area contributed by atoms with E-state index in [-0.39, 0.29) is 0 Å². The molecule has 8 aromatic rings. The van der Waals surface area contributed by atoms with Gasteiger partial charge in [-0.1, -0.05) is 115 Å². The Labute approximate surface area is 262 Å². The van der Waals surface area contributed by atoms with E-state index in [2.05, 4.69) is 174 Å². The quantitative estimate of drug-likeness (QED) is 0.216. The van der Waals surface area contributed by atoms with Crippen LogP contribution in [0.1, 0.15) is 11.1 Å². The molecule has 0 spiro atoms. The molecule has 0 radical (unpaired) electrons. The minimum Gasteiger partial charge on any atom is -0.355 e. The molecule has 1 N–H and O–H groups in total. The first-order valence-corrected chi connectivity index (χ1v) is 15.6. The number of aromatic nitrogens is 1. The molecule has 0 saturated carbocycles. The third kappa shape index (κ3) is 4.26. The van der Waals surface area contributed by atoms with Gasteiger partial charge in [-0.25, -0.2) is 0 Å². The second-order valence-electron chi connectivity index (χ2n) is 11.8. The lowest BCUT2D eigenvalue weighted by atomic mass is 9.93. The summed E-state index contributed by atoms with van der Waals surface area (Å²) in [5, 5.41) is 6.31. The Morgan fingerprint density at radius 3 is 2.00 bits per heavy atom. The third-order valence-electron chi connectivity index (χ3n) is 9.23. The highest BCUT2D eigenvalue weighted by Crippen LogP contribution is 2.45. The monoisotopic (exact) mass is 574 g/mol. The Morgan fingerprint density at radius 2 is 1.16 bits per heavy atom. The lowest BCUT2D eigenvalue weighted by Crippen LogP contribution is -1.97. The van der Waals surface area contributed by atoms with Crippen LogP contribution in [0.2, 0.25) is 0 Å². The van der Waals surface area contributed by atoms with Crippen LogP contribution < -0.4 is 5.32 Å². The van der Waals surface area contributed by atoms with E-state index < -0.39 is 0 Å². The van der Waals surface area contributed by atoms with Crippen molar-refractivity contribution in [3.05, 3.63) is 175 Å². The van der Waals surface area contributed by atoms with Gasteiger partial charge in [-0.2, -0.15) is 0 Å². The van der Waals surface area contributed by atoms with Crippen LogP contribution in [0.25, 0.3) is 60.9 Å². The predicted molar refractivity (Wildman–Crippen MR) is 190 cm³/mol. The van der Waals surface area contributed by atoms with Crippen molar-refractivity contribution < 1.29 is 0 Å². The first-order valence-electron chi connectivity index (χ1n) is 15.6. The molecule has 9 rings (SSSR count). The molecule has 0 aliphatic heterocycles. The molecule has 0 fully saturated rings. The van der Waals surface area contributed by atoms with Crippen molar-refractivity contribution in [2.45, 2.75) is 6.42 Å². The van der Waals surface area contributed by atoms with Crippen LogP contribution in [0.4, 0.5) is 11.4 Å². The van der Waals surface area contributed by atoms with Gasteiger partial charge in [-0.3, -0.25) is 0 Å². The van der Waals surface area contributed by atoms with Crippen LogP contribution in [0.3, 0.4) is 0 Å². The Kier molecular flexibility index (Phi) is 5.92. The molecule has 0 amide bonds. The van der Waals surface area contributed by atoms with Crippen molar-refractivity contribution in [3.63, 3.8) is 0 Å². The average Bonchev–Trinajstić information content (AvgIpc) is 3.65. The summed E-state index contributed by atoms with van der Waals surface area (Å²) in [6.07, 6.45) is 0.952. The highest BCUT2D eigenvalue weighted by atomic mass is 15.0. The molecule has 1 aliphatic carbocycles. The van der Waals surface area contributed by atoms with E-state index in [0.29, 0.717) is 0 Å². The van der Waals surface area contributed by atoms with E-state index in [4.69, 9.17) is 0 Å². The molecule has 1 aromatic heterocycles. The number of rotatable bonds is 5. The summed E-state index contributed by atoms with van der Waals surface area (Å²) < 4.78 is 2.36. The largest absolute Gasteiger partial charge is 0.355 e. The van der Waals surface area contributed by atoms with Gasteiger partial charge < -0.3 is 9.88 Å². The summed E-state index contributed by atoms with van der Waals surface area (Å²) >= 11 is 0. The molecule has 7 aromatic carbocycles. The highest BCUT2D eigenvalue weighted by Gasteiger charge is 2.23. The summed E-state index contributed by atoms with van der Waals surface area (Å²) in [5.41, 5.74) is 16.3. The number of anilines is 2. The number of hydrogen-bond donors (Lipinski definition) is 1. The molecular weight excluding hydrogens is 544 g/mol. The van der Waals surface area contributed by atoms with Gasteiger partial charge in [0.1, 0.15) is 0 Å². The zero-order valence-electron chi connectivity index (χ0n) is 24.7. The van der Waals surface area contributed by atoms with Crippen LogP contribution >= 0.6 is 0 Å². The molecular formula is C43H30N2. The summed E-state index contributed by atoms with van der Waals surface area (Å²) in [5.74, 6) is 0. The van der Waals surface area contributed by atoms with Crippen molar-refractivity contribution in [1.29, 1.82) is 0 Å². The number of fused-ring (bicyclic) bond motifs is 6. The molecule has 0 atom stereocenters. The summed E-state index contributed by atoms with van der Waals surface area (Å²) in [7, 11) is 0. The van der Waals surface area contributed by atoms with Crippen molar-refractivity contribution in [2.75, 3.05) is 5.32 Å².